The molecule has 28 heavy (non-hydrogen) atoms. The highest BCUT2D eigenvalue weighted by Gasteiger charge is 2.13. The molecule has 0 bridgehead atoms. The number of amides is 1. The van der Waals surface area contributed by atoms with Gasteiger partial charge in [0.15, 0.2) is 11.5 Å². The van der Waals surface area contributed by atoms with E-state index in [0.29, 0.717) is 30.4 Å². The summed E-state index contributed by atoms with van der Waals surface area (Å²) in [6, 6.07) is 11.8. The molecule has 0 spiro atoms. The molecule has 144 valence electrons. The van der Waals surface area contributed by atoms with Crippen LogP contribution >= 0.6 is 11.8 Å². The number of nitrogens with zero attached hydrogens (tertiary/aromatic N) is 1. The van der Waals surface area contributed by atoms with Crippen LogP contribution in [0.3, 0.4) is 0 Å². The average Bonchev–Trinajstić information content (AvgIpc) is 2.67. The summed E-state index contributed by atoms with van der Waals surface area (Å²) in [4.78, 5) is 17.1. The maximum absolute atomic E-state index is 12.4. The highest BCUT2D eigenvalue weighted by atomic mass is 32.2. The lowest BCUT2D eigenvalue weighted by molar-refractivity contribution is -0.113. The summed E-state index contributed by atoms with van der Waals surface area (Å²) >= 11 is 1.44. The Morgan fingerprint density at radius 2 is 1.82 bits per heavy atom. The highest BCUT2D eigenvalue weighted by Crippen LogP contribution is 2.33. The summed E-state index contributed by atoms with van der Waals surface area (Å²) in [6.07, 6.45) is 0. The maximum Gasteiger partial charge on any atom is 0.234 e. The number of pyridine rings is 1. The van der Waals surface area contributed by atoms with Gasteiger partial charge in [-0.1, -0.05) is 23.4 Å². The van der Waals surface area contributed by atoms with Gasteiger partial charge in [0.05, 0.1) is 16.3 Å². The zero-order valence-corrected chi connectivity index (χ0v) is 17.0. The van der Waals surface area contributed by atoms with Gasteiger partial charge in [-0.25, -0.2) is 4.98 Å². The number of aromatic nitrogens is 1. The highest BCUT2D eigenvalue weighted by molar-refractivity contribution is 7.99. The summed E-state index contributed by atoms with van der Waals surface area (Å²) in [7, 11) is 0. The number of thioether (sulfide) groups is 1. The Hall–Kier alpha value is -2.73. The Bertz CT molecular complexity index is 1070. The van der Waals surface area contributed by atoms with Crippen molar-refractivity contribution in [1.29, 1.82) is 0 Å². The monoisotopic (exact) mass is 394 g/mol. The molecule has 5 nitrogen and oxygen atoms in total. The van der Waals surface area contributed by atoms with Gasteiger partial charge < -0.3 is 14.8 Å². The van der Waals surface area contributed by atoms with E-state index in [1.807, 2.05) is 18.2 Å². The van der Waals surface area contributed by atoms with E-state index in [1.54, 1.807) is 6.07 Å². The van der Waals surface area contributed by atoms with Gasteiger partial charge in [0, 0.05) is 17.1 Å². The van der Waals surface area contributed by atoms with Gasteiger partial charge in [-0.15, -0.1) is 0 Å². The van der Waals surface area contributed by atoms with Crippen molar-refractivity contribution in [3.8, 4) is 11.5 Å². The van der Waals surface area contributed by atoms with E-state index in [2.05, 4.69) is 38.2 Å². The predicted octanol–water partition coefficient (Wildman–Crippen LogP) is 4.66. The van der Waals surface area contributed by atoms with Gasteiger partial charge in [-0.2, -0.15) is 0 Å². The lowest BCUT2D eigenvalue weighted by Gasteiger charge is -2.19. The van der Waals surface area contributed by atoms with Crippen LogP contribution in [0.5, 0.6) is 11.5 Å². The molecular weight excluding hydrogens is 372 g/mol. The topological polar surface area (TPSA) is 60.5 Å². The second-order valence-electron chi connectivity index (χ2n) is 6.95. The Morgan fingerprint density at radius 3 is 2.64 bits per heavy atom. The molecule has 0 atom stereocenters. The number of fused-ring (bicyclic) bond motifs is 2. The summed E-state index contributed by atoms with van der Waals surface area (Å²) in [5.74, 6) is 1.58. The van der Waals surface area contributed by atoms with E-state index in [0.717, 1.165) is 16.1 Å². The number of anilines is 1. The number of carbonyl (C=O) groups excluding carboxylic acids is 1. The van der Waals surface area contributed by atoms with Gasteiger partial charge in [0.2, 0.25) is 5.91 Å². The van der Waals surface area contributed by atoms with Crippen molar-refractivity contribution in [1.82, 2.24) is 4.98 Å². The summed E-state index contributed by atoms with van der Waals surface area (Å²) in [5.41, 5.74) is 5.26. The minimum atomic E-state index is -0.0816. The van der Waals surface area contributed by atoms with E-state index in [9.17, 15) is 4.79 Å². The molecule has 0 fully saturated rings. The fourth-order valence-electron chi connectivity index (χ4n) is 3.35. The molecule has 0 aliphatic carbocycles. The van der Waals surface area contributed by atoms with Crippen LogP contribution in [0.2, 0.25) is 0 Å². The summed E-state index contributed by atoms with van der Waals surface area (Å²) in [5, 5.41) is 4.93. The number of rotatable bonds is 4. The third kappa shape index (κ3) is 3.92. The van der Waals surface area contributed by atoms with Gasteiger partial charge in [-0.05, 0) is 56.2 Å². The molecule has 1 amide bonds. The first kappa shape index (κ1) is 18.6. The Labute approximate surface area is 168 Å². The zero-order chi connectivity index (χ0) is 19.7. The number of nitrogens with one attached hydrogen (secondary N) is 1. The predicted molar refractivity (Wildman–Crippen MR) is 113 cm³/mol. The summed E-state index contributed by atoms with van der Waals surface area (Å²) in [6.45, 7) is 7.32. The molecule has 2 aromatic carbocycles. The number of aryl methyl sites for hydroxylation is 3. The van der Waals surface area contributed by atoms with Crippen molar-refractivity contribution in [3.05, 3.63) is 53.1 Å². The van der Waals surface area contributed by atoms with Gasteiger partial charge in [0.25, 0.3) is 0 Å². The normalized spacial score (nSPS) is 12.8. The van der Waals surface area contributed by atoms with Crippen LogP contribution in [0.1, 0.15) is 16.7 Å². The SMILES string of the molecule is Cc1cc(C)c2nc(SCC(=O)Nc3ccc4c(c3)OCCO4)cc(C)c2c1. The molecule has 1 aliphatic heterocycles. The Kier molecular flexibility index (Phi) is 5.13. The van der Waals surface area contributed by atoms with Crippen LogP contribution in [0, 0.1) is 20.8 Å². The van der Waals surface area contributed by atoms with Crippen molar-refractivity contribution in [2.24, 2.45) is 0 Å². The molecule has 2 heterocycles. The smallest absolute Gasteiger partial charge is 0.234 e. The van der Waals surface area contributed by atoms with E-state index in [4.69, 9.17) is 14.5 Å². The minimum absolute atomic E-state index is 0.0816. The number of hydrogen-bond acceptors (Lipinski definition) is 5. The molecule has 3 aromatic rings. The summed E-state index contributed by atoms with van der Waals surface area (Å²) < 4.78 is 11.1. The second-order valence-corrected chi connectivity index (χ2v) is 7.95. The molecule has 0 radical (unpaired) electrons. The van der Waals surface area contributed by atoms with Crippen molar-refractivity contribution >= 4 is 34.3 Å². The van der Waals surface area contributed by atoms with Gasteiger partial charge in [0.1, 0.15) is 13.2 Å². The fraction of sp³-hybridized carbons (Fsp3) is 0.273. The number of carbonyl (C=O) groups is 1. The largest absolute Gasteiger partial charge is 0.486 e. The third-order valence-corrected chi connectivity index (χ3v) is 5.52. The quantitative estimate of drug-likeness (QED) is 0.652. The van der Waals surface area contributed by atoms with Crippen LogP contribution in [0.15, 0.2) is 41.4 Å². The van der Waals surface area contributed by atoms with Crippen molar-refractivity contribution in [2.75, 3.05) is 24.3 Å². The molecule has 0 unspecified atom stereocenters. The van der Waals surface area contributed by atoms with Crippen LogP contribution in [-0.2, 0) is 4.79 Å². The average molecular weight is 394 g/mol. The number of hydrogen-bond donors (Lipinski definition) is 1. The van der Waals surface area contributed by atoms with E-state index in [1.165, 1.54) is 28.3 Å². The lowest BCUT2D eigenvalue weighted by Crippen LogP contribution is -2.17. The molecule has 6 heteroatoms. The fourth-order valence-corrected chi connectivity index (χ4v) is 4.11. The Morgan fingerprint density at radius 1 is 1.04 bits per heavy atom. The van der Waals surface area contributed by atoms with Crippen LogP contribution < -0.4 is 14.8 Å². The van der Waals surface area contributed by atoms with E-state index >= 15 is 0 Å². The molecule has 1 aromatic heterocycles. The molecule has 1 N–H and O–H groups in total. The standard InChI is InChI=1S/C22H22N2O3S/c1-13-8-15(3)22-17(9-13)14(2)10-21(24-22)28-12-20(25)23-16-4-5-18-19(11-16)27-7-6-26-18/h4-5,8-11H,6-7,12H2,1-3H3,(H,23,25). The first-order valence-electron chi connectivity index (χ1n) is 9.20. The van der Waals surface area contributed by atoms with Crippen LogP contribution in [0.4, 0.5) is 5.69 Å². The maximum atomic E-state index is 12.4. The molecule has 1 aliphatic rings. The lowest BCUT2D eigenvalue weighted by atomic mass is 10.0. The zero-order valence-electron chi connectivity index (χ0n) is 16.2. The third-order valence-electron chi connectivity index (χ3n) is 4.61. The first-order valence-corrected chi connectivity index (χ1v) is 10.2. The molecule has 4 rings (SSSR count). The number of ether oxygens (including phenoxy) is 2. The van der Waals surface area contributed by atoms with Crippen LogP contribution in [0.25, 0.3) is 10.9 Å². The van der Waals surface area contributed by atoms with Gasteiger partial charge in [-0.3, -0.25) is 4.79 Å². The molecule has 0 saturated heterocycles. The van der Waals surface area contributed by atoms with Gasteiger partial charge >= 0.3 is 0 Å². The van der Waals surface area contributed by atoms with Crippen molar-refractivity contribution in [2.45, 2.75) is 25.8 Å². The number of benzene rings is 2. The van der Waals surface area contributed by atoms with E-state index in [-0.39, 0.29) is 11.7 Å². The van der Waals surface area contributed by atoms with Crippen molar-refractivity contribution in [3.63, 3.8) is 0 Å². The minimum Gasteiger partial charge on any atom is -0.486 e. The first-order chi connectivity index (χ1) is 13.5. The molecule has 0 saturated carbocycles. The van der Waals surface area contributed by atoms with E-state index < -0.39 is 0 Å². The molecular formula is C22H22N2O3S. The Balaban J connectivity index is 1.45. The second kappa shape index (κ2) is 7.72. The van der Waals surface area contributed by atoms with Crippen molar-refractivity contribution < 1.29 is 14.3 Å². The van der Waals surface area contributed by atoms with Crippen LogP contribution in [-0.4, -0.2) is 29.9 Å².